The molecule has 0 aliphatic carbocycles. The van der Waals surface area contributed by atoms with Crippen LogP contribution in [0.1, 0.15) is 17.2 Å². The second kappa shape index (κ2) is 5.51. The Hall–Kier alpha value is -3.06. The summed E-state index contributed by atoms with van der Waals surface area (Å²) in [7, 11) is 0. The summed E-state index contributed by atoms with van der Waals surface area (Å²) in [6.07, 6.45) is 0. The Morgan fingerprint density at radius 1 is 1.00 bits per heavy atom. The van der Waals surface area contributed by atoms with Gasteiger partial charge in [0.05, 0.1) is 5.57 Å². The van der Waals surface area contributed by atoms with Crippen LogP contribution in [0.5, 0.6) is 0 Å². The highest BCUT2D eigenvalue weighted by Gasteiger charge is 2.25. The molecule has 0 amide bonds. The fourth-order valence-corrected chi connectivity index (χ4v) is 2.31. The molecule has 1 atom stereocenters. The summed E-state index contributed by atoms with van der Waals surface area (Å²) in [6, 6.07) is 21.2. The molecule has 3 rings (SSSR count). The van der Waals surface area contributed by atoms with Gasteiger partial charge in [-0.2, -0.15) is 5.26 Å². The van der Waals surface area contributed by atoms with Crippen molar-refractivity contribution in [2.75, 3.05) is 0 Å². The second-order valence-corrected chi connectivity index (χ2v) is 4.72. The van der Waals surface area contributed by atoms with Gasteiger partial charge in [-0.1, -0.05) is 60.7 Å². The first-order chi connectivity index (χ1) is 10.3. The molecule has 3 N–H and O–H groups in total. The van der Waals surface area contributed by atoms with Crippen molar-refractivity contribution < 1.29 is 0 Å². The van der Waals surface area contributed by atoms with E-state index in [2.05, 4.69) is 16.4 Å². The molecule has 21 heavy (non-hydrogen) atoms. The molecule has 0 spiro atoms. The van der Waals surface area contributed by atoms with Crippen LogP contribution in [-0.4, -0.2) is 5.84 Å². The fraction of sp³-hybridized carbons (Fsp3) is 0.0588. The van der Waals surface area contributed by atoms with E-state index in [-0.39, 0.29) is 6.04 Å². The average molecular weight is 274 g/mol. The average Bonchev–Trinajstić information content (AvgIpc) is 2.55. The molecule has 4 heteroatoms. The fourth-order valence-electron chi connectivity index (χ4n) is 2.31. The van der Waals surface area contributed by atoms with Crippen molar-refractivity contribution in [1.29, 1.82) is 5.26 Å². The van der Waals surface area contributed by atoms with Gasteiger partial charge in [0.25, 0.3) is 0 Å². The summed E-state index contributed by atoms with van der Waals surface area (Å²) >= 11 is 0. The minimum absolute atomic E-state index is 0.361. The second-order valence-electron chi connectivity index (χ2n) is 4.72. The highest BCUT2D eigenvalue weighted by molar-refractivity contribution is 6.00. The van der Waals surface area contributed by atoms with E-state index in [9.17, 15) is 5.26 Å². The van der Waals surface area contributed by atoms with Crippen LogP contribution in [0.4, 0.5) is 0 Å². The maximum atomic E-state index is 9.35. The van der Waals surface area contributed by atoms with Gasteiger partial charge < -0.3 is 11.1 Å². The summed E-state index contributed by atoms with van der Waals surface area (Å²) < 4.78 is 0. The van der Waals surface area contributed by atoms with Crippen LogP contribution in [-0.2, 0) is 0 Å². The molecule has 1 aliphatic rings. The molecule has 1 heterocycles. The number of nitrogens with zero attached hydrogens (tertiary/aromatic N) is 2. The van der Waals surface area contributed by atoms with Crippen molar-refractivity contribution in [3.05, 3.63) is 83.2 Å². The third kappa shape index (κ3) is 2.49. The molecule has 0 bridgehead atoms. The van der Waals surface area contributed by atoms with Crippen LogP contribution in [0.2, 0.25) is 0 Å². The SMILES string of the molecule is N#CC1=C(N)NC(c2ccccc2)=NC1c1ccccc1. The van der Waals surface area contributed by atoms with Crippen molar-refractivity contribution in [2.24, 2.45) is 10.7 Å². The van der Waals surface area contributed by atoms with E-state index >= 15 is 0 Å². The topological polar surface area (TPSA) is 74.2 Å². The molecule has 0 saturated carbocycles. The Balaban J connectivity index is 2.07. The lowest BCUT2D eigenvalue weighted by molar-refractivity contribution is 0.802. The lowest BCUT2D eigenvalue weighted by Crippen LogP contribution is -2.34. The minimum Gasteiger partial charge on any atom is -0.384 e. The van der Waals surface area contributed by atoms with Gasteiger partial charge in [-0.15, -0.1) is 0 Å². The normalized spacial score (nSPS) is 17.7. The summed E-state index contributed by atoms with van der Waals surface area (Å²) in [4.78, 5) is 4.67. The summed E-state index contributed by atoms with van der Waals surface area (Å²) in [5.41, 5.74) is 8.35. The number of benzene rings is 2. The van der Waals surface area contributed by atoms with Gasteiger partial charge in [0.2, 0.25) is 0 Å². The van der Waals surface area contributed by atoms with Gasteiger partial charge in [-0.05, 0) is 5.56 Å². The Bertz CT molecular complexity index is 739. The lowest BCUT2D eigenvalue weighted by Gasteiger charge is -2.23. The van der Waals surface area contributed by atoms with Gasteiger partial charge in [0.1, 0.15) is 23.8 Å². The van der Waals surface area contributed by atoms with E-state index in [1.54, 1.807) is 0 Å². The first-order valence-electron chi connectivity index (χ1n) is 6.64. The molecule has 2 aromatic rings. The number of amidine groups is 1. The standard InChI is InChI=1S/C17H14N4/c18-11-14-15(12-7-3-1-4-8-12)20-17(21-16(14)19)13-9-5-2-6-10-13/h1-10,15H,19H2,(H,20,21). The number of aliphatic imine (C=N–C) groups is 1. The summed E-state index contributed by atoms with van der Waals surface area (Å²) in [5.74, 6) is 1.04. The maximum absolute atomic E-state index is 9.35. The molecule has 4 nitrogen and oxygen atoms in total. The minimum atomic E-state index is -0.368. The number of rotatable bonds is 2. The van der Waals surface area contributed by atoms with Crippen LogP contribution in [0.3, 0.4) is 0 Å². The third-order valence-electron chi connectivity index (χ3n) is 3.36. The van der Waals surface area contributed by atoms with Crippen LogP contribution < -0.4 is 11.1 Å². The van der Waals surface area contributed by atoms with Gasteiger partial charge in [-0.3, -0.25) is 4.99 Å². The Labute approximate surface area is 123 Å². The largest absolute Gasteiger partial charge is 0.384 e. The number of hydrogen-bond donors (Lipinski definition) is 2. The molecule has 2 aromatic carbocycles. The first kappa shape index (κ1) is 12.9. The van der Waals surface area contributed by atoms with Gasteiger partial charge >= 0.3 is 0 Å². The van der Waals surface area contributed by atoms with Crippen LogP contribution in [0, 0.1) is 11.3 Å². The van der Waals surface area contributed by atoms with E-state index in [4.69, 9.17) is 5.73 Å². The zero-order valence-electron chi connectivity index (χ0n) is 11.3. The van der Waals surface area contributed by atoms with Gasteiger partial charge in [-0.25, -0.2) is 0 Å². The van der Waals surface area contributed by atoms with Gasteiger partial charge in [0, 0.05) is 5.56 Å². The molecular weight excluding hydrogens is 260 g/mol. The summed E-state index contributed by atoms with van der Waals surface area (Å²) in [5, 5.41) is 12.4. The zero-order chi connectivity index (χ0) is 14.7. The maximum Gasteiger partial charge on any atom is 0.134 e. The van der Waals surface area contributed by atoms with E-state index in [1.165, 1.54) is 0 Å². The predicted octanol–water partition coefficient (Wildman–Crippen LogP) is 2.47. The molecule has 0 radical (unpaired) electrons. The first-order valence-corrected chi connectivity index (χ1v) is 6.64. The van der Waals surface area contributed by atoms with Crippen LogP contribution >= 0.6 is 0 Å². The predicted molar refractivity (Wildman–Crippen MR) is 82.1 cm³/mol. The monoisotopic (exact) mass is 274 g/mol. The highest BCUT2D eigenvalue weighted by Crippen LogP contribution is 2.29. The lowest BCUT2D eigenvalue weighted by atomic mass is 9.98. The molecule has 1 aliphatic heterocycles. The zero-order valence-corrected chi connectivity index (χ0v) is 11.3. The van der Waals surface area contributed by atoms with E-state index in [0.717, 1.165) is 11.1 Å². The molecule has 102 valence electrons. The molecule has 0 fully saturated rings. The van der Waals surface area contributed by atoms with Crippen molar-refractivity contribution in [1.82, 2.24) is 5.32 Å². The molecule has 0 aromatic heterocycles. The Morgan fingerprint density at radius 3 is 2.24 bits per heavy atom. The number of nitrogens with two attached hydrogens (primary N) is 1. The van der Waals surface area contributed by atoms with Crippen LogP contribution in [0.25, 0.3) is 0 Å². The molecular formula is C17H14N4. The Kier molecular flexibility index (Phi) is 3.40. The highest BCUT2D eigenvalue weighted by atomic mass is 15.1. The summed E-state index contributed by atoms with van der Waals surface area (Å²) in [6.45, 7) is 0. The Morgan fingerprint density at radius 2 is 1.62 bits per heavy atom. The van der Waals surface area contributed by atoms with E-state index in [0.29, 0.717) is 17.2 Å². The van der Waals surface area contributed by atoms with E-state index < -0.39 is 0 Å². The van der Waals surface area contributed by atoms with Crippen molar-refractivity contribution in [2.45, 2.75) is 6.04 Å². The third-order valence-corrected chi connectivity index (χ3v) is 3.36. The van der Waals surface area contributed by atoms with E-state index in [1.807, 2.05) is 60.7 Å². The number of nitriles is 1. The van der Waals surface area contributed by atoms with Crippen molar-refractivity contribution >= 4 is 5.84 Å². The molecule has 1 unspecified atom stereocenters. The number of nitrogens with one attached hydrogen (secondary N) is 1. The molecule has 0 saturated heterocycles. The number of hydrogen-bond acceptors (Lipinski definition) is 4. The van der Waals surface area contributed by atoms with Crippen molar-refractivity contribution in [3.63, 3.8) is 0 Å². The quantitative estimate of drug-likeness (QED) is 0.883. The van der Waals surface area contributed by atoms with Crippen molar-refractivity contribution in [3.8, 4) is 6.07 Å². The van der Waals surface area contributed by atoms with Crippen LogP contribution in [0.15, 0.2) is 77.1 Å². The van der Waals surface area contributed by atoms with Gasteiger partial charge in [0.15, 0.2) is 0 Å². The smallest absolute Gasteiger partial charge is 0.134 e.